The average Bonchev–Trinajstić information content (AvgIpc) is 3.04. The first-order chi connectivity index (χ1) is 10.9. The minimum Gasteiger partial charge on any atom is -0.396 e. The van der Waals surface area contributed by atoms with Gasteiger partial charge in [-0.15, -0.1) is 0 Å². The van der Waals surface area contributed by atoms with Gasteiger partial charge in [0, 0.05) is 24.6 Å². The topological polar surface area (TPSA) is 89.4 Å². The van der Waals surface area contributed by atoms with E-state index in [0.29, 0.717) is 11.3 Å². The van der Waals surface area contributed by atoms with E-state index in [1.165, 1.54) is 17.0 Å². The Balaban J connectivity index is 2.13. The van der Waals surface area contributed by atoms with Gasteiger partial charge >= 0.3 is 0 Å². The van der Waals surface area contributed by atoms with Crippen molar-refractivity contribution in [1.82, 2.24) is 15.1 Å². The lowest BCUT2D eigenvalue weighted by Crippen LogP contribution is -2.41. The monoisotopic (exact) mass is 321 g/mol. The zero-order valence-corrected chi connectivity index (χ0v) is 13.1. The van der Waals surface area contributed by atoms with Crippen molar-refractivity contribution in [2.75, 3.05) is 26.8 Å². The van der Waals surface area contributed by atoms with Crippen molar-refractivity contribution in [2.45, 2.75) is 6.92 Å². The van der Waals surface area contributed by atoms with Crippen LogP contribution in [0.2, 0.25) is 0 Å². The molecule has 0 aliphatic heterocycles. The molecule has 2 rings (SSSR count). The van der Waals surface area contributed by atoms with Crippen LogP contribution in [0, 0.1) is 11.2 Å². The van der Waals surface area contributed by atoms with Crippen molar-refractivity contribution < 1.29 is 19.4 Å². The zero-order valence-electron chi connectivity index (χ0n) is 13.1. The number of aromatic nitrogens is 2. The number of carbonyl (C=O) groups excluding carboxylic acids is 1. The predicted octanol–water partition coefficient (Wildman–Crippen LogP) is 1.28. The van der Waals surface area contributed by atoms with Crippen LogP contribution in [0.25, 0.3) is 11.3 Å². The first-order valence-electron chi connectivity index (χ1n) is 7.17. The molecule has 0 aliphatic rings. The standard InChI is InChI=1S/C16H20FN3O3/c1-16(9-21,10-22)8-20(2)15(23)14-7-13(18-19-14)11-3-5-12(17)6-4-11/h3-7,21-22H,8-10H2,1-2H3,(H,18,19). The second kappa shape index (κ2) is 6.89. The molecule has 3 N–H and O–H groups in total. The van der Waals surface area contributed by atoms with Crippen molar-refractivity contribution in [3.8, 4) is 11.3 Å². The van der Waals surface area contributed by atoms with Crippen LogP contribution in [0.1, 0.15) is 17.4 Å². The number of benzene rings is 1. The van der Waals surface area contributed by atoms with E-state index in [4.69, 9.17) is 0 Å². The van der Waals surface area contributed by atoms with Crippen molar-refractivity contribution in [1.29, 1.82) is 0 Å². The summed E-state index contributed by atoms with van der Waals surface area (Å²) in [5.74, 6) is -0.647. The summed E-state index contributed by atoms with van der Waals surface area (Å²) in [5, 5.41) is 25.3. The molecular weight excluding hydrogens is 301 g/mol. The number of nitrogens with zero attached hydrogens (tertiary/aromatic N) is 2. The molecule has 0 saturated carbocycles. The lowest BCUT2D eigenvalue weighted by Gasteiger charge is -2.30. The fourth-order valence-corrected chi connectivity index (χ4v) is 2.20. The SMILES string of the molecule is CN(CC(C)(CO)CO)C(=O)c1cc(-c2ccc(F)cc2)n[nH]1. The summed E-state index contributed by atoms with van der Waals surface area (Å²) in [6.45, 7) is 1.42. The van der Waals surface area contributed by atoms with Crippen LogP contribution < -0.4 is 0 Å². The zero-order chi connectivity index (χ0) is 17.0. The van der Waals surface area contributed by atoms with Gasteiger partial charge in [0.2, 0.25) is 0 Å². The number of hydrogen-bond acceptors (Lipinski definition) is 4. The maximum Gasteiger partial charge on any atom is 0.271 e. The summed E-state index contributed by atoms with van der Waals surface area (Å²) in [6, 6.07) is 7.40. The number of halogens is 1. The van der Waals surface area contributed by atoms with E-state index in [-0.39, 0.29) is 37.2 Å². The maximum absolute atomic E-state index is 12.9. The Morgan fingerprint density at radius 3 is 2.48 bits per heavy atom. The molecule has 0 radical (unpaired) electrons. The minimum atomic E-state index is -0.774. The number of carbonyl (C=O) groups is 1. The lowest BCUT2D eigenvalue weighted by atomic mass is 9.92. The lowest BCUT2D eigenvalue weighted by molar-refractivity contribution is 0.0363. The molecule has 0 unspecified atom stereocenters. The van der Waals surface area contributed by atoms with Gasteiger partial charge < -0.3 is 15.1 Å². The average molecular weight is 321 g/mol. The quantitative estimate of drug-likeness (QED) is 0.748. The normalized spacial score (nSPS) is 11.5. The first-order valence-corrected chi connectivity index (χ1v) is 7.17. The Kier molecular flexibility index (Phi) is 5.12. The molecule has 0 aliphatic carbocycles. The molecule has 1 aromatic carbocycles. The van der Waals surface area contributed by atoms with E-state index in [1.54, 1.807) is 32.2 Å². The van der Waals surface area contributed by atoms with E-state index in [1.807, 2.05) is 0 Å². The molecule has 0 bridgehead atoms. The summed E-state index contributed by atoms with van der Waals surface area (Å²) >= 11 is 0. The molecule has 23 heavy (non-hydrogen) atoms. The van der Waals surface area contributed by atoms with Crippen molar-refractivity contribution in [3.63, 3.8) is 0 Å². The molecular formula is C16H20FN3O3. The Hall–Kier alpha value is -2.25. The number of H-pyrrole nitrogens is 1. The third-order valence-electron chi connectivity index (χ3n) is 3.68. The number of amides is 1. The van der Waals surface area contributed by atoms with Crippen LogP contribution in [-0.4, -0.2) is 58.0 Å². The summed E-state index contributed by atoms with van der Waals surface area (Å²) in [7, 11) is 1.59. The Morgan fingerprint density at radius 2 is 1.91 bits per heavy atom. The second-order valence-electron chi connectivity index (χ2n) is 5.96. The number of rotatable bonds is 6. The summed E-state index contributed by atoms with van der Waals surface area (Å²) in [6.07, 6.45) is 0. The molecule has 1 amide bonds. The number of aliphatic hydroxyl groups is 2. The smallest absolute Gasteiger partial charge is 0.271 e. The largest absolute Gasteiger partial charge is 0.396 e. The minimum absolute atomic E-state index is 0.198. The Labute approximate surface area is 133 Å². The highest BCUT2D eigenvalue weighted by molar-refractivity contribution is 5.93. The summed E-state index contributed by atoms with van der Waals surface area (Å²) in [5.41, 5.74) is 0.739. The molecule has 1 aromatic heterocycles. The van der Waals surface area contributed by atoms with Crippen LogP contribution in [0.4, 0.5) is 4.39 Å². The van der Waals surface area contributed by atoms with Crippen molar-refractivity contribution in [2.24, 2.45) is 5.41 Å². The number of hydrogen-bond donors (Lipinski definition) is 3. The summed E-state index contributed by atoms with van der Waals surface area (Å²) < 4.78 is 12.9. The van der Waals surface area contributed by atoms with Gasteiger partial charge in [-0.3, -0.25) is 9.89 Å². The van der Waals surface area contributed by atoms with E-state index in [9.17, 15) is 19.4 Å². The molecule has 0 fully saturated rings. The molecule has 2 aromatic rings. The van der Waals surface area contributed by atoms with Crippen molar-refractivity contribution in [3.05, 3.63) is 41.8 Å². The highest BCUT2D eigenvalue weighted by Gasteiger charge is 2.27. The molecule has 0 atom stereocenters. The van der Waals surface area contributed by atoms with Gasteiger partial charge in [-0.25, -0.2) is 4.39 Å². The van der Waals surface area contributed by atoms with Gasteiger partial charge in [0.15, 0.2) is 0 Å². The van der Waals surface area contributed by atoms with Gasteiger partial charge in [0.1, 0.15) is 11.5 Å². The van der Waals surface area contributed by atoms with Gasteiger partial charge in [0.05, 0.1) is 18.9 Å². The van der Waals surface area contributed by atoms with Gasteiger partial charge in [0.25, 0.3) is 5.91 Å². The molecule has 7 heteroatoms. The first kappa shape index (κ1) is 17.1. The number of nitrogens with one attached hydrogen (secondary N) is 1. The highest BCUT2D eigenvalue weighted by Crippen LogP contribution is 2.20. The third kappa shape index (κ3) is 3.94. The van der Waals surface area contributed by atoms with Crippen LogP contribution in [0.5, 0.6) is 0 Å². The number of aliphatic hydroxyl groups excluding tert-OH is 2. The third-order valence-corrected chi connectivity index (χ3v) is 3.68. The molecule has 0 spiro atoms. The van der Waals surface area contributed by atoms with Gasteiger partial charge in [-0.1, -0.05) is 6.92 Å². The second-order valence-corrected chi connectivity index (χ2v) is 5.96. The molecule has 124 valence electrons. The van der Waals surface area contributed by atoms with E-state index in [2.05, 4.69) is 10.2 Å². The van der Waals surface area contributed by atoms with Gasteiger partial charge in [-0.2, -0.15) is 5.10 Å². The van der Waals surface area contributed by atoms with Crippen LogP contribution in [-0.2, 0) is 0 Å². The fraction of sp³-hybridized carbons (Fsp3) is 0.375. The molecule has 1 heterocycles. The van der Waals surface area contributed by atoms with Crippen LogP contribution in [0.15, 0.2) is 30.3 Å². The van der Waals surface area contributed by atoms with Crippen molar-refractivity contribution >= 4 is 5.91 Å². The van der Waals surface area contributed by atoms with E-state index >= 15 is 0 Å². The summed E-state index contributed by atoms with van der Waals surface area (Å²) in [4.78, 5) is 13.8. The Bertz CT molecular complexity index is 665. The van der Waals surface area contributed by atoms with Gasteiger partial charge in [-0.05, 0) is 30.3 Å². The Morgan fingerprint density at radius 1 is 1.30 bits per heavy atom. The van der Waals surface area contributed by atoms with Crippen LogP contribution >= 0.6 is 0 Å². The highest BCUT2D eigenvalue weighted by atomic mass is 19.1. The fourth-order valence-electron chi connectivity index (χ4n) is 2.20. The van der Waals surface area contributed by atoms with Crippen LogP contribution in [0.3, 0.4) is 0 Å². The van der Waals surface area contributed by atoms with E-state index < -0.39 is 5.41 Å². The maximum atomic E-state index is 12.9. The molecule has 0 saturated heterocycles. The predicted molar refractivity (Wildman–Crippen MR) is 83.2 cm³/mol. The van der Waals surface area contributed by atoms with E-state index in [0.717, 1.165) is 0 Å². The molecule has 6 nitrogen and oxygen atoms in total. The number of aromatic amines is 1.